The first kappa shape index (κ1) is 16.8. The number of aryl methyl sites for hydroxylation is 1. The lowest BCUT2D eigenvalue weighted by molar-refractivity contribution is -0.117. The Morgan fingerprint density at radius 1 is 1.29 bits per heavy atom. The van der Waals surface area contributed by atoms with Crippen LogP contribution in [0, 0.1) is 6.92 Å². The highest BCUT2D eigenvalue weighted by atomic mass is 16.6. The first-order valence-corrected chi connectivity index (χ1v) is 6.75. The minimum atomic E-state index is -0.736. The molecular formula is C15H23N3O3. The van der Waals surface area contributed by atoms with Gasteiger partial charge in [-0.2, -0.15) is 0 Å². The lowest BCUT2D eigenvalue weighted by Gasteiger charge is -2.21. The zero-order valence-electron chi connectivity index (χ0n) is 13.1. The molecule has 21 heavy (non-hydrogen) atoms. The molecule has 116 valence electrons. The molecule has 0 fully saturated rings. The van der Waals surface area contributed by atoms with Gasteiger partial charge in [0.05, 0.1) is 11.4 Å². The number of carbonyl (C=O) groups is 2. The van der Waals surface area contributed by atoms with Gasteiger partial charge in [0.1, 0.15) is 11.6 Å². The molecule has 6 heteroatoms. The average molecular weight is 293 g/mol. The van der Waals surface area contributed by atoms with E-state index in [2.05, 4.69) is 10.6 Å². The van der Waals surface area contributed by atoms with Crippen LogP contribution in [0.4, 0.5) is 16.2 Å². The van der Waals surface area contributed by atoms with E-state index in [1.54, 1.807) is 39.8 Å². The number of ether oxygens (including phenoxy) is 1. The molecule has 0 radical (unpaired) electrons. The van der Waals surface area contributed by atoms with Gasteiger partial charge in [-0.25, -0.2) is 4.79 Å². The van der Waals surface area contributed by atoms with E-state index in [1.165, 1.54) is 0 Å². The summed E-state index contributed by atoms with van der Waals surface area (Å²) >= 11 is 0. The second-order valence-corrected chi connectivity index (χ2v) is 5.95. The first-order valence-electron chi connectivity index (χ1n) is 6.75. The van der Waals surface area contributed by atoms with Gasteiger partial charge in [-0.1, -0.05) is 6.07 Å². The number of hydrogen-bond donors (Lipinski definition) is 3. The van der Waals surface area contributed by atoms with Crippen LogP contribution in [0.2, 0.25) is 0 Å². The Hall–Kier alpha value is -2.24. The maximum absolute atomic E-state index is 12.0. The van der Waals surface area contributed by atoms with Crippen molar-refractivity contribution in [3.05, 3.63) is 23.8 Å². The van der Waals surface area contributed by atoms with Crippen LogP contribution in [0.15, 0.2) is 18.2 Å². The second-order valence-electron chi connectivity index (χ2n) is 5.95. The van der Waals surface area contributed by atoms with Crippen LogP contribution < -0.4 is 16.4 Å². The first-order chi connectivity index (χ1) is 9.58. The number of benzene rings is 1. The molecule has 0 saturated carbocycles. The van der Waals surface area contributed by atoms with Gasteiger partial charge in [0.25, 0.3) is 0 Å². The Morgan fingerprint density at radius 3 is 2.48 bits per heavy atom. The van der Waals surface area contributed by atoms with Crippen molar-refractivity contribution in [3.63, 3.8) is 0 Å². The van der Waals surface area contributed by atoms with Crippen molar-refractivity contribution in [2.45, 2.75) is 46.3 Å². The van der Waals surface area contributed by atoms with Crippen LogP contribution in [0.5, 0.6) is 0 Å². The molecule has 0 heterocycles. The fourth-order valence-corrected chi connectivity index (χ4v) is 1.57. The second kappa shape index (κ2) is 6.47. The van der Waals surface area contributed by atoms with Crippen molar-refractivity contribution in [3.8, 4) is 0 Å². The summed E-state index contributed by atoms with van der Waals surface area (Å²) in [5.74, 6) is -0.363. The summed E-state index contributed by atoms with van der Waals surface area (Å²) in [7, 11) is 0. The molecule has 1 aromatic rings. The fraction of sp³-hybridized carbons (Fsp3) is 0.467. The lowest BCUT2D eigenvalue weighted by Crippen LogP contribution is -2.44. The SMILES string of the molecule is Cc1ccc(N)c(NC(=O)C(C)NC(=O)OC(C)(C)C)c1. The Kier molecular flexibility index (Phi) is 5.18. The van der Waals surface area contributed by atoms with E-state index in [9.17, 15) is 9.59 Å². The minimum Gasteiger partial charge on any atom is -0.444 e. The molecule has 1 atom stereocenters. The molecule has 0 spiro atoms. The summed E-state index contributed by atoms with van der Waals surface area (Å²) in [4.78, 5) is 23.6. The van der Waals surface area contributed by atoms with Crippen LogP contribution in [0.25, 0.3) is 0 Å². The summed E-state index contributed by atoms with van der Waals surface area (Å²) in [6.07, 6.45) is -0.637. The Morgan fingerprint density at radius 2 is 1.90 bits per heavy atom. The van der Waals surface area contributed by atoms with Gasteiger partial charge in [-0.05, 0) is 52.3 Å². The number of anilines is 2. The van der Waals surface area contributed by atoms with E-state index in [0.717, 1.165) is 5.56 Å². The Balaban J connectivity index is 2.63. The van der Waals surface area contributed by atoms with E-state index in [4.69, 9.17) is 10.5 Å². The van der Waals surface area contributed by atoms with E-state index in [1.807, 2.05) is 13.0 Å². The number of nitrogen functional groups attached to an aromatic ring is 1. The topological polar surface area (TPSA) is 93.5 Å². The maximum atomic E-state index is 12.0. The summed E-state index contributed by atoms with van der Waals surface area (Å²) < 4.78 is 5.10. The number of amides is 2. The highest BCUT2D eigenvalue weighted by Crippen LogP contribution is 2.19. The van der Waals surface area contributed by atoms with Gasteiger partial charge in [0.2, 0.25) is 5.91 Å². The molecule has 1 rings (SSSR count). The van der Waals surface area contributed by atoms with Gasteiger partial charge < -0.3 is 21.1 Å². The molecule has 0 saturated heterocycles. The van der Waals surface area contributed by atoms with Gasteiger partial charge in [-0.3, -0.25) is 4.79 Å². The smallest absolute Gasteiger partial charge is 0.408 e. The molecule has 6 nitrogen and oxygen atoms in total. The largest absolute Gasteiger partial charge is 0.444 e. The molecule has 0 aliphatic heterocycles. The predicted octanol–water partition coefficient (Wildman–Crippen LogP) is 2.43. The maximum Gasteiger partial charge on any atom is 0.408 e. The molecule has 1 unspecified atom stereocenters. The standard InChI is InChI=1S/C15H23N3O3/c1-9-6-7-11(16)12(8-9)18-13(19)10(2)17-14(20)21-15(3,4)5/h6-8,10H,16H2,1-5H3,(H,17,20)(H,18,19). The molecule has 2 amide bonds. The van der Waals surface area contributed by atoms with Gasteiger partial charge in [0.15, 0.2) is 0 Å². The third-order valence-corrected chi connectivity index (χ3v) is 2.59. The van der Waals surface area contributed by atoms with E-state index >= 15 is 0 Å². The average Bonchev–Trinajstić information content (AvgIpc) is 2.31. The van der Waals surface area contributed by atoms with Crippen molar-refractivity contribution in [2.24, 2.45) is 0 Å². The van der Waals surface area contributed by atoms with Crippen LogP contribution in [-0.4, -0.2) is 23.6 Å². The summed E-state index contributed by atoms with van der Waals surface area (Å²) in [5.41, 5.74) is 7.16. The number of nitrogens with two attached hydrogens (primary N) is 1. The Labute approximate surface area is 125 Å². The molecule has 1 aromatic carbocycles. The van der Waals surface area contributed by atoms with Crippen molar-refractivity contribution in [1.82, 2.24) is 5.32 Å². The summed E-state index contributed by atoms with van der Waals surface area (Å²) in [6.45, 7) is 8.74. The van der Waals surface area contributed by atoms with Crippen LogP contribution in [0.1, 0.15) is 33.3 Å². The zero-order valence-corrected chi connectivity index (χ0v) is 13.1. The zero-order chi connectivity index (χ0) is 16.2. The van der Waals surface area contributed by atoms with E-state index < -0.39 is 17.7 Å². The fourth-order valence-electron chi connectivity index (χ4n) is 1.57. The minimum absolute atomic E-state index is 0.363. The lowest BCUT2D eigenvalue weighted by atomic mass is 10.2. The molecule has 0 aliphatic rings. The van der Waals surface area contributed by atoms with Gasteiger partial charge >= 0.3 is 6.09 Å². The molecule has 0 aromatic heterocycles. The van der Waals surface area contributed by atoms with Crippen molar-refractivity contribution in [1.29, 1.82) is 0 Å². The summed E-state index contributed by atoms with van der Waals surface area (Å²) in [6, 6.07) is 4.61. The highest BCUT2D eigenvalue weighted by Gasteiger charge is 2.21. The van der Waals surface area contributed by atoms with E-state index in [-0.39, 0.29) is 5.91 Å². The molecular weight excluding hydrogens is 270 g/mol. The predicted molar refractivity (Wildman–Crippen MR) is 83.1 cm³/mol. The van der Waals surface area contributed by atoms with Gasteiger partial charge in [-0.15, -0.1) is 0 Å². The molecule has 0 bridgehead atoms. The van der Waals surface area contributed by atoms with Crippen LogP contribution in [0.3, 0.4) is 0 Å². The highest BCUT2D eigenvalue weighted by molar-refractivity contribution is 5.98. The summed E-state index contributed by atoms with van der Waals surface area (Å²) in [5, 5.41) is 5.16. The third kappa shape index (κ3) is 5.72. The van der Waals surface area contributed by atoms with Crippen molar-refractivity contribution < 1.29 is 14.3 Å². The van der Waals surface area contributed by atoms with Crippen LogP contribution in [-0.2, 0) is 9.53 Å². The normalized spacial score (nSPS) is 12.4. The number of hydrogen-bond acceptors (Lipinski definition) is 4. The quantitative estimate of drug-likeness (QED) is 0.746. The number of alkyl carbamates (subject to hydrolysis) is 1. The monoisotopic (exact) mass is 293 g/mol. The van der Waals surface area contributed by atoms with Gasteiger partial charge in [0, 0.05) is 0 Å². The van der Waals surface area contributed by atoms with Crippen LogP contribution >= 0.6 is 0 Å². The number of rotatable bonds is 3. The third-order valence-electron chi connectivity index (χ3n) is 2.59. The number of nitrogens with one attached hydrogen (secondary N) is 2. The van der Waals surface area contributed by atoms with E-state index in [0.29, 0.717) is 11.4 Å². The number of carbonyl (C=O) groups excluding carboxylic acids is 2. The molecule has 0 aliphatic carbocycles. The molecule has 4 N–H and O–H groups in total. The Bertz CT molecular complexity index is 535. The van der Waals surface area contributed by atoms with Crippen molar-refractivity contribution in [2.75, 3.05) is 11.1 Å². The van der Waals surface area contributed by atoms with Crippen molar-refractivity contribution >= 4 is 23.4 Å².